The number of rotatable bonds is 7. The Kier molecular flexibility index (Phi) is 5.44. The fourth-order valence-corrected chi connectivity index (χ4v) is 3.31. The van der Waals surface area contributed by atoms with Crippen LogP contribution in [0, 0.1) is 0 Å². The normalized spacial score (nSPS) is 17.0. The summed E-state index contributed by atoms with van der Waals surface area (Å²) >= 11 is 1.19. The zero-order valence-electron chi connectivity index (χ0n) is 11.7. The van der Waals surface area contributed by atoms with Crippen LogP contribution in [0.4, 0.5) is 9.93 Å². The average Bonchev–Trinajstić information content (AvgIpc) is 3.02. The smallest absolute Gasteiger partial charge is 0.258 e. The second-order valence-electron chi connectivity index (χ2n) is 4.54. The maximum Gasteiger partial charge on any atom is 0.341 e. The number of anilines is 1. The summed E-state index contributed by atoms with van der Waals surface area (Å²) in [5, 5.41) is 9.86. The molecule has 0 aromatic carbocycles. The van der Waals surface area contributed by atoms with E-state index in [1.165, 1.54) is 29.1 Å². The van der Waals surface area contributed by atoms with Crippen molar-refractivity contribution in [1.29, 1.82) is 0 Å². The lowest BCUT2D eigenvalue weighted by atomic mass is 10.2. The molecule has 2 amide bonds. The van der Waals surface area contributed by atoms with Crippen LogP contribution in [0.25, 0.3) is 0 Å². The third kappa shape index (κ3) is 3.53. The molecule has 1 aliphatic heterocycles. The first-order chi connectivity index (χ1) is 9.63. The van der Waals surface area contributed by atoms with Crippen LogP contribution in [-0.4, -0.2) is 44.9 Å². The van der Waals surface area contributed by atoms with E-state index >= 15 is 0 Å². The molecular formula is C11H19N5O2S2. The van der Waals surface area contributed by atoms with Gasteiger partial charge in [0.15, 0.2) is 0 Å². The number of carbonyl (C=O) groups excluding carboxylic acids is 1. The monoisotopic (exact) mass is 317 g/mol. The van der Waals surface area contributed by atoms with Crippen LogP contribution >= 0.6 is 11.3 Å². The number of hydrazine groups is 1. The topological polar surface area (TPSA) is 78.4 Å². The van der Waals surface area contributed by atoms with Crippen LogP contribution in [0.5, 0.6) is 0 Å². The van der Waals surface area contributed by atoms with Gasteiger partial charge in [-0.25, -0.2) is 10.2 Å². The molecule has 0 spiro atoms. The lowest BCUT2D eigenvalue weighted by Crippen LogP contribution is -2.36. The second kappa shape index (κ2) is 7.09. The minimum Gasteiger partial charge on any atom is -0.258 e. The zero-order valence-corrected chi connectivity index (χ0v) is 13.3. The first-order valence-electron chi connectivity index (χ1n) is 6.63. The third-order valence-electron chi connectivity index (χ3n) is 2.99. The highest BCUT2D eigenvalue weighted by atomic mass is 32.2. The molecule has 1 saturated heterocycles. The SMILES string of the molecule is CCCCCCN1NCN(c2nnc(S(C)=O)s2)C1=O. The van der Waals surface area contributed by atoms with Crippen molar-refractivity contribution in [1.82, 2.24) is 20.6 Å². The maximum atomic E-state index is 12.2. The molecule has 0 radical (unpaired) electrons. The molecule has 2 heterocycles. The molecule has 1 aromatic heterocycles. The first-order valence-corrected chi connectivity index (χ1v) is 9.00. The van der Waals surface area contributed by atoms with Gasteiger partial charge in [-0.2, -0.15) is 0 Å². The Bertz CT molecular complexity index is 493. The number of carbonyl (C=O) groups is 1. The highest BCUT2D eigenvalue weighted by molar-refractivity contribution is 7.86. The molecule has 7 nitrogen and oxygen atoms in total. The number of amides is 2. The van der Waals surface area contributed by atoms with E-state index < -0.39 is 10.8 Å². The molecule has 0 aliphatic carbocycles. The van der Waals surface area contributed by atoms with Gasteiger partial charge in [-0.05, 0) is 6.42 Å². The Morgan fingerprint density at radius 2 is 2.15 bits per heavy atom. The molecule has 1 aliphatic rings. The van der Waals surface area contributed by atoms with Crippen molar-refractivity contribution in [3.8, 4) is 0 Å². The molecule has 0 bridgehead atoms. The molecular weight excluding hydrogens is 298 g/mol. The van der Waals surface area contributed by atoms with E-state index in [0.29, 0.717) is 22.7 Å². The summed E-state index contributed by atoms with van der Waals surface area (Å²) in [7, 11) is -1.16. The quantitative estimate of drug-likeness (QED) is 0.610. The van der Waals surface area contributed by atoms with E-state index in [1.807, 2.05) is 0 Å². The van der Waals surface area contributed by atoms with Gasteiger partial charge in [-0.1, -0.05) is 37.5 Å². The molecule has 0 saturated carbocycles. The van der Waals surface area contributed by atoms with E-state index in [9.17, 15) is 9.00 Å². The third-order valence-corrected chi connectivity index (χ3v) is 5.26. The summed E-state index contributed by atoms with van der Waals surface area (Å²) in [5.41, 5.74) is 3.04. The van der Waals surface area contributed by atoms with Gasteiger partial charge < -0.3 is 0 Å². The predicted octanol–water partition coefficient (Wildman–Crippen LogP) is 1.56. The lowest BCUT2D eigenvalue weighted by Gasteiger charge is -2.15. The van der Waals surface area contributed by atoms with Gasteiger partial charge in [-0.3, -0.25) is 14.1 Å². The fraction of sp³-hybridized carbons (Fsp3) is 0.727. The summed E-state index contributed by atoms with van der Waals surface area (Å²) in [5.74, 6) is 0. The van der Waals surface area contributed by atoms with Gasteiger partial charge in [0, 0.05) is 12.8 Å². The van der Waals surface area contributed by atoms with Crippen LogP contribution in [-0.2, 0) is 10.8 Å². The summed E-state index contributed by atoms with van der Waals surface area (Å²) in [4.78, 5) is 13.7. The van der Waals surface area contributed by atoms with Gasteiger partial charge in [0.2, 0.25) is 9.47 Å². The summed E-state index contributed by atoms with van der Waals surface area (Å²) in [6.45, 7) is 3.24. The van der Waals surface area contributed by atoms with Crippen molar-refractivity contribution < 1.29 is 9.00 Å². The standard InChI is InChI=1S/C11H19N5O2S2/c1-3-4-5-6-7-16-11(17)15(8-12-16)9-13-14-10(19-9)20(2)18/h12H,3-8H2,1-2H3. The molecule has 1 aromatic rings. The Morgan fingerprint density at radius 1 is 1.35 bits per heavy atom. The van der Waals surface area contributed by atoms with E-state index in [0.717, 1.165) is 12.8 Å². The fourth-order valence-electron chi connectivity index (χ4n) is 1.89. The highest BCUT2D eigenvalue weighted by Crippen LogP contribution is 2.24. The second-order valence-corrected chi connectivity index (χ2v) is 7.05. The van der Waals surface area contributed by atoms with Crippen molar-refractivity contribution in [2.75, 3.05) is 24.4 Å². The number of nitrogens with one attached hydrogen (secondary N) is 1. The molecule has 1 unspecified atom stereocenters. The Morgan fingerprint density at radius 3 is 2.80 bits per heavy atom. The summed E-state index contributed by atoms with van der Waals surface area (Å²) < 4.78 is 11.8. The molecule has 9 heteroatoms. The minimum absolute atomic E-state index is 0.119. The van der Waals surface area contributed by atoms with E-state index in [4.69, 9.17) is 0 Å². The Hall–Kier alpha value is -1.06. The number of hydrogen-bond donors (Lipinski definition) is 1. The summed E-state index contributed by atoms with van der Waals surface area (Å²) in [6, 6.07) is -0.119. The van der Waals surface area contributed by atoms with Crippen molar-refractivity contribution >= 4 is 33.3 Å². The summed E-state index contributed by atoms with van der Waals surface area (Å²) in [6.07, 6.45) is 6.03. The van der Waals surface area contributed by atoms with Crippen LogP contribution in [0.3, 0.4) is 0 Å². The van der Waals surface area contributed by atoms with Crippen molar-refractivity contribution in [3.63, 3.8) is 0 Å². The van der Waals surface area contributed by atoms with E-state index in [1.54, 1.807) is 11.3 Å². The van der Waals surface area contributed by atoms with Crippen LogP contribution in [0.1, 0.15) is 32.6 Å². The lowest BCUT2D eigenvalue weighted by molar-refractivity contribution is 0.201. The minimum atomic E-state index is -1.16. The number of nitrogens with zero attached hydrogens (tertiary/aromatic N) is 4. The molecule has 112 valence electrons. The van der Waals surface area contributed by atoms with E-state index in [-0.39, 0.29) is 6.03 Å². The number of hydrogen-bond acceptors (Lipinski definition) is 6. The maximum absolute atomic E-state index is 12.2. The van der Waals surface area contributed by atoms with Crippen molar-refractivity contribution in [2.45, 2.75) is 36.9 Å². The van der Waals surface area contributed by atoms with Crippen LogP contribution in [0.2, 0.25) is 0 Å². The van der Waals surface area contributed by atoms with Gasteiger partial charge in [0.05, 0.1) is 17.5 Å². The van der Waals surface area contributed by atoms with Gasteiger partial charge in [0.1, 0.15) is 0 Å². The Labute approximate surface area is 124 Å². The largest absolute Gasteiger partial charge is 0.341 e. The van der Waals surface area contributed by atoms with Gasteiger partial charge >= 0.3 is 6.03 Å². The van der Waals surface area contributed by atoms with Gasteiger partial charge in [0.25, 0.3) is 0 Å². The van der Waals surface area contributed by atoms with Gasteiger partial charge in [-0.15, -0.1) is 10.2 Å². The van der Waals surface area contributed by atoms with Crippen LogP contribution in [0.15, 0.2) is 4.34 Å². The molecule has 1 N–H and O–H groups in total. The first kappa shape index (κ1) is 15.3. The number of unbranched alkanes of at least 4 members (excludes halogenated alkanes) is 3. The molecule has 20 heavy (non-hydrogen) atoms. The molecule has 1 fully saturated rings. The molecule has 1 atom stereocenters. The molecule has 2 rings (SSSR count). The predicted molar refractivity (Wildman–Crippen MR) is 79.0 cm³/mol. The van der Waals surface area contributed by atoms with E-state index in [2.05, 4.69) is 22.5 Å². The Balaban J connectivity index is 1.91. The number of aromatic nitrogens is 2. The van der Waals surface area contributed by atoms with Crippen molar-refractivity contribution in [3.05, 3.63) is 0 Å². The van der Waals surface area contributed by atoms with Crippen LogP contribution < -0.4 is 10.3 Å². The van der Waals surface area contributed by atoms with Crippen molar-refractivity contribution in [2.24, 2.45) is 0 Å². The zero-order chi connectivity index (χ0) is 14.5. The number of urea groups is 1. The highest BCUT2D eigenvalue weighted by Gasteiger charge is 2.31. The average molecular weight is 317 g/mol.